The van der Waals surface area contributed by atoms with E-state index in [-0.39, 0.29) is 30.1 Å². The molecule has 3 rings (SSSR count). The number of hydrogen-bond donors (Lipinski definition) is 2. The molecule has 1 aromatic rings. The molecule has 7 nitrogen and oxygen atoms in total. The Balaban J connectivity index is 0.00000320. The van der Waals surface area contributed by atoms with E-state index in [9.17, 15) is 5.11 Å². The maximum Gasteiger partial charge on any atom is 0.194 e. The third kappa shape index (κ3) is 7.46. The molecule has 0 unspecified atom stereocenters. The summed E-state index contributed by atoms with van der Waals surface area (Å²) in [6.45, 7) is 10.9. The van der Waals surface area contributed by atoms with Crippen LogP contribution in [0, 0.1) is 0 Å². The Labute approximate surface area is 198 Å². The van der Waals surface area contributed by atoms with Crippen LogP contribution in [-0.4, -0.2) is 93.0 Å². The highest BCUT2D eigenvalue weighted by molar-refractivity contribution is 14.0. The second-order valence-electron chi connectivity index (χ2n) is 7.83. The van der Waals surface area contributed by atoms with Gasteiger partial charge in [-0.1, -0.05) is 0 Å². The maximum atomic E-state index is 9.62. The number of piperidine rings is 1. The highest BCUT2D eigenvalue weighted by Gasteiger charge is 2.20. The molecule has 30 heavy (non-hydrogen) atoms. The van der Waals surface area contributed by atoms with Gasteiger partial charge in [0.15, 0.2) is 5.96 Å². The molecule has 170 valence electrons. The van der Waals surface area contributed by atoms with Crippen molar-refractivity contribution in [3.05, 3.63) is 24.3 Å². The van der Waals surface area contributed by atoms with Crippen molar-refractivity contribution in [3.8, 4) is 5.75 Å². The van der Waals surface area contributed by atoms with E-state index in [0.717, 1.165) is 89.9 Å². The fourth-order valence-corrected chi connectivity index (χ4v) is 4.02. The van der Waals surface area contributed by atoms with Crippen LogP contribution in [0.25, 0.3) is 0 Å². The van der Waals surface area contributed by atoms with Crippen molar-refractivity contribution < 1.29 is 9.84 Å². The number of nitrogens with zero attached hydrogens (tertiary/aromatic N) is 4. The highest BCUT2D eigenvalue weighted by Crippen LogP contribution is 2.20. The van der Waals surface area contributed by atoms with Gasteiger partial charge in [0.2, 0.25) is 0 Å². The van der Waals surface area contributed by atoms with Gasteiger partial charge in [0.1, 0.15) is 5.75 Å². The molecule has 2 heterocycles. The van der Waals surface area contributed by atoms with Crippen LogP contribution in [0.2, 0.25) is 0 Å². The molecule has 2 aliphatic heterocycles. The quantitative estimate of drug-likeness (QED) is 0.244. The molecule has 2 aliphatic rings. The van der Waals surface area contributed by atoms with E-state index in [1.807, 2.05) is 12.1 Å². The fraction of sp³-hybridized carbons (Fsp3) is 0.682. The summed E-state index contributed by atoms with van der Waals surface area (Å²) in [4.78, 5) is 12.1. The summed E-state index contributed by atoms with van der Waals surface area (Å²) in [5.74, 6) is 1.94. The standard InChI is InChI=1S/C22H37N5O2.HI/c1-3-23-22(24-11-4-12-25-13-9-20(28)10-14-25)27-17-15-26(16-18-27)19-5-7-21(29-2)8-6-19;/h5-8,20,28H,3-4,9-18H2,1-2H3,(H,23,24);1H. The Kier molecular flexibility index (Phi) is 11.0. The smallest absolute Gasteiger partial charge is 0.194 e. The predicted octanol–water partition coefficient (Wildman–Crippen LogP) is 2.25. The molecule has 2 saturated heterocycles. The summed E-state index contributed by atoms with van der Waals surface area (Å²) in [6.07, 6.45) is 2.78. The number of aliphatic hydroxyl groups excluding tert-OH is 1. The third-order valence-corrected chi connectivity index (χ3v) is 5.80. The topological polar surface area (TPSA) is 63.6 Å². The number of methoxy groups -OCH3 is 1. The molecule has 0 amide bonds. The van der Waals surface area contributed by atoms with E-state index < -0.39 is 0 Å². The summed E-state index contributed by atoms with van der Waals surface area (Å²) in [5.41, 5.74) is 1.25. The van der Waals surface area contributed by atoms with E-state index in [2.05, 4.69) is 39.1 Å². The van der Waals surface area contributed by atoms with E-state index in [1.54, 1.807) is 7.11 Å². The molecule has 0 radical (unpaired) electrons. The largest absolute Gasteiger partial charge is 0.497 e. The van der Waals surface area contributed by atoms with Gasteiger partial charge in [0.05, 0.1) is 13.2 Å². The lowest BCUT2D eigenvalue weighted by atomic mass is 10.1. The minimum Gasteiger partial charge on any atom is -0.497 e. The Morgan fingerprint density at radius 3 is 2.37 bits per heavy atom. The van der Waals surface area contributed by atoms with Crippen molar-refractivity contribution in [3.63, 3.8) is 0 Å². The number of aliphatic imine (C=N–C) groups is 1. The van der Waals surface area contributed by atoms with Crippen LogP contribution < -0.4 is 15.0 Å². The van der Waals surface area contributed by atoms with Crippen molar-refractivity contribution >= 4 is 35.6 Å². The number of nitrogens with one attached hydrogen (secondary N) is 1. The molecule has 8 heteroatoms. The average Bonchev–Trinajstić information content (AvgIpc) is 2.77. The van der Waals surface area contributed by atoms with Gasteiger partial charge in [-0.05, 0) is 57.0 Å². The summed E-state index contributed by atoms with van der Waals surface area (Å²) in [6, 6.07) is 8.31. The molecule has 1 aromatic carbocycles. The third-order valence-electron chi connectivity index (χ3n) is 5.80. The highest BCUT2D eigenvalue weighted by atomic mass is 127. The lowest BCUT2D eigenvalue weighted by molar-refractivity contribution is 0.0824. The number of ether oxygens (including phenoxy) is 1. The Hall–Kier alpha value is -1.26. The summed E-state index contributed by atoms with van der Waals surface area (Å²) >= 11 is 0. The second-order valence-corrected chi connectivity index (χ2v) is 7.83. The van der Waals surface area contributed by atoms with E-state index in [0.29, 0.717) is 0 Å². The number of anilines is 1. The van der Waals surface area contributed by atoms with Gasteiger partial charge in [-0.3, -0.25) is 4.99 Å². The minimum atomic E-state index is -0.0961. The first kappa shape index (κ1) is 25.0. The Morgan fingerprint density at radius 2 is 1.77 bits per heavy atom. The van der Waals surface area contributed by atoms with Gasteiger partial charge >= 0.3 is 0 Å². The molecule has 2 fully saturated rings. The molecule has 2 N–H and O–H groups in total. The monoisotopic (exact) mass is 531 g/mol. The Bertz CT molecular complexity index is 627. The van der Waals surface area contributed by atoms with Gasteiger partial charge in [-0.15, -0.1) is 24.0 Å². The van der Waals surface area contributed by atoms with Crippen molar-refractivity contribution in [2.75, 3.05) is 70.9 Å². The van der Waals surface area contributed by atoms with Crippen molar-refractivity contribution in [2.45, 2.75) is 32.3 Å². The normalized spacial score (nSPS) is 18.8. The molecule has 0 spiro atoms. The fourth-order valence-electron chi connectivity index (χ4n) is 4.02. The van der Waals surface area contributed by atoms with E-state index >= 15 is 0 Å². The number of guanidine groups is 1. The van der Waals surface area contributed by atoms with Crippen LogP contribution >= 0.6 is 24.0 Å². The number of hydrogen-bond acceptors (Lipinski definition) is 5. The minimum absolute atomic E-state index is 0. The number of rotatable bonds is 7. The number of likely N-dealkylation sites (tertiary alicyclic amines) is 1. The second kappa shape index (κ2) is 13.2. The molecule has 0 saturated carbocycles. The van der Waals surface area contributed by atoms with Gasteiger partial charge in [0, 0.05) is 58.0 Å². The van der Waals surface area contributed by atoms with Crippen molar-refractivity contribution in [1.29, 1.82) is 0 Å². The summed E-state index contributed by atoms with van der Waals surface area (Å²) < 4.78 is 5.26. The van der Waals surface area contributed by atoms with Gasteiger partial charge < -0.3 is 29.9 Å². The summed E-state index contributed by atoms with van der Waals surface area (Å²) in [5, 5.41) is 13.1. The molecule has 0 bridgehead atoms. The number of aliphatic hydroxyl groups is 1. The Morgan fingerprint density at radius 1 is 1.10 bits per heavy atom. The van der Waals surface area contributed by atoms with E-state index in [1.165, 1.54) is 5.69 Å². The zero-order chi connectivity index (χ0) is 20.5. The van der Waals surface area contributed by atoms with E-state index in [4.69, 9.17) is 9.73 Å². The van der Waals surface area contributed by atoms with Crippen LogP contribution in [0.4, 0.5) is 5.69 Å². The SMILES string of the molecule is CCNC(=NCCCN1CCC(O)CC1)N1CCN(c2ccc(OC)cc2)CC1.I. The van der Waals surface area contributed by atoms with Crippen LogP contribution in [0.5, 0.6) is 5.75 Å². The zero-order valence-electron chi connectivity index (χ0n) is 18.4. The molecule has 0 aliphatic carbocycles. The zero-order valence-corrected chi connectivity index (χ0v) is 20.8. The number of benzene rings is 1. The van der Waals surface area contributed by atoms with Gasteiger partial charge in [-0.25, -0.2) is 0 Å². The first-order valence-electron chi connectivity index (χ1n) is 11.0. The van der Waals surface area contributed by atoms with Crippen LogP contribution in [0.3, 0.4) is 0 Å². The van der Waals surface area contributed by atoms with Crippen LogP contribution in [-0.2, 0) is 0 Å². The number of halogens is 1. The maximum absolute atomic E-state index is 9.62. The van der Waals surface area contributed by atoms with Gasteiger partial charge in [-0.2, -0.15) is 0 Å². The molecule has 0 aromatic heterocycles. The van der Waals surface area contributed by atoms with Crippen molar-refractivity contribution in [1.82, 2.24) is 15.1 Å². The number of piperazine rings is 1. The van der Waals surface area contributed by atoms with Gasteiger partial charge in [0.25, 0.3) is 0 Å². The van der Waals surface area contributed by atoms with Crippen LogP contribution in [0.15, 0.2) is 29.3 Å². The average molecular weight is 531 g/mol. The molecular weight excluding hydrogens is 493 g/mol. The predicted molar refractivity (Wildman–Crippen MR) is 134 cm³/mol. The first-order chi connectivity index (χ1) is 14.2. The lowest BCUT2D eigenvalue weighted by Gasteiger charge is -2.37. The molecular formula is C22H38IN5O2. The lowest BCUT2D eigenvalue weighted by Crippen LogP contribution is -2.52. The first-order valence-corrected chi connectivity index (χ1v) is 11.0. The summed E-state index contributed by atoms with van der Waals surface area (Å²) in [7, 11) is 1.70. The van der Waals surface area contributed by atoms with Crippen LogP contribution in [0.1, 0.15) is 26.2 Å². The van der Waals surface area contributed by atoms with Crippen molar-refractivity contribution in [2.24, 2.45) is 4.99 Å². The molecule has 0 atom stereocenters.